The maximum absolute atomic E-state index is 12.7. The van der Waals surface area contributed by atoms with E-state index in [4.69, 9.17) is 0 Å². The summed E-state index contributed by atoms with van der Waals surface area (Å²) in [6.07, 6.45) is 3.07. The zero-order valence-electron chi connectivity index (χ0n) is 16.0. The van der Waals surface area contributed by atoms with E-state index in [0.29, 0.717) is 26.1 Å². The number of hydrogen-bond donors (Lipinski definition) is 2. The van der Waals surface area contributed by atoms with Crippen molar-refractivity contribution in [3.8, 4) is 0 Å². The van der Waals surface area contributed by atoms with Gasteiger partial charge in [0.15, 0.2) is 5.16 Å². The highest BCUT2D eigenvalue weighted by Gasteiger charge is 2.45. The summed E-state index contributed by atoms with van der Waals surface area (Å²) in [5.74, 6) is 0.0874. The predicted octanol–water partition coefficient (Wildman–Crippen LogP) is 2.41. The van der Waals surface area contributed by atoms with Gasteiger partial charge in [0.2, 0.25) is 5.91 Å². The Morgan fingerprint density at radius 2 is 2.29 bits per heavy atom. The van der Waals surface area contributed by atoms with E-state index in [1.807, 2.05) is 40.8 Å². The Balaban J connectivity index is 1.39. The van der Waals surface area contributed by atoms with Gasteiger partial charge >= 0.3 is 6.03 Å². The third kappa shape index (κ3) is 3.84. The number of carbonyl (C=O) groups excluding carboxylic acids is 2. The molecule has 3 amide bonds. The maximum Gasteiger partial charge on any atom is 0.321 e. The molecule has 1 spiro atoms. The molecule has 2 saturated heterocycles. The van der Waals surface area contributed by atoms with Crippen molar-refractivity contribution in [2.45, 2.75) is 30.2 Å². The number of likely N-dealkylation sites (tertiary alicyclic amines) is 1. The summed E-state index contributed by atoms with van der Waals surface area (Å²) in [5, 5.41) is 14.9. The lowest BCUT2D eigenvalue weighted by Gasteiger charge is -2.22. The van der Waals surface area contributed by atoms with Gasteiger partial charge < -0.3 is 20.1 Å². The van der Waals surface area contributed by atoms with Crippen LogP contribution in [0.2, 0.25) is 0 Å². The first-order valence-electron chi connectivity index (χ1n) is 9.37. The van der Waals surface area contributed by atoms with Crippen LogP contribution in [0.3, 0.4) is 0 Å². The lowest BCUT2D eigenvalue weighted by Crippen LogP contribution is -2.36. The lowest BCUT2D eigenvalue weighted by atomic mass is 9.86. The number of hydrogen-bond acceptors (Lipinski definition) is 5. The molecule has 1 aromatic heterocycles. The van der Waals surface area contributed by atoms with Crippen LogP contribution in [0.4, 0.5) is 10.5 Å². The molecule has 4 rings (SSSR count). The van der Waals surface area contributed by atoms with Crippen LogP contribution in [0.25, 0.3) is 0 Å². The van der Waals surface area contributed by atoms with Crippen LogP contribution in [0, 0.1) is 5.41 Å². The molecule has 0 saturated carbocycles. The molecule has 0 aliphatic carbocycles. The van der Waals surface area contributed by atoms with Crippen molar-refractivity contribution in [3.05, 3.63) is 36.2 Å². The SMILES string of the molecule is C[C@H](Sc1nncn1C)c1cccc(NC(=O)N2CCC3(CNC(=O)C3)C2)c1. The van der Waals surface area contributed by atoms with E-state index >= 15 is 0 Å². The predicted molar refractivity (Wildman–Crippen MR) is 107 cm³/mol. The zero-order chi connectivity index (χ0) is 19.7. The molecule has 8 nitrogen and oxygen atoms in total. The molecular weight excluding hydrogens is 376 g/mol. The van der Waals surface area contributed by atoms with E-state index in [1.54, 1.807) is 18.1 Å². The first-order valence-corrected chi connectivity index (χ1v) is 10.3. The molecule has 2 atom stereocenters. The van der Waals surface area contributed by atoms with Gasteiger partial charge in [0.25, 0.3) is 0 Å². The third-order valence-electron chi connectivity index (χ3n) is 5.48. The van der Waals surface area contributed by atoms with Crippen molar-refractivity contribution in [2.75, 3.05) is 25.0 Å². The molecule has 2 aromatic rings. The van der Waals surface area contributed by atoms with Crippen LogP contribution in [-0.2, 0) is 11.8 Å². The van der Waals surface area contributed by atoms with Crippen molar-refractivity contribution in [3.63, 3.8) is 0 Å². The Bertz CT molecular complexity index is 900. The van der Waals surface area contributed by atoms with Gasteiger partial charge in [-0.05, 0) is 31.0 Å². The molecule has 0 bridgehead atoms. The number of nitrogens with one attached hydrogen (secondary N) is 2. The van der Waals surface area contributed by atoms with Crippen LogP contribution >= 0.6 is 11.8 Å². The summed E-state index contributed by atoms with van der Waals surface area (Å²) in [4.78, 5) is 26.1. The van der Waals surface area contributed by atoms with Gasteiger partial charge in [0.1, 0.15) is 6.33 Å². The van der Waals surface area contributed by atoms with Crippen LogP contribution < -0.4 is 10.6 Å². The number of aromatic nitrogens is 3. The Morgan fingerprint density at radius 3 is 3.00 bits per heavy atom. The van der Waals surface area contributed by atoms with Gasteiger partial charge in [-0.1, -0.05) is 23.9 Å². The van der Waals surface area contributed by atoms with Crippen LogP contribution in [0.15, 0.2) is 35.7 Å². The molecule has 1 unspecified atom stereocenters. The number of thioether (sulfide) groups is 1. The Morgan fingerprint density at radius 1 is 1.43 bits per heavy atom. The van der Waals surface area contributed by atoms with Gasteiger partial charge in [-0.2, -0.15) is 0 Å². The van der Waals surface area contributed by atoms with Gasteiger partial charge in [-0.25, -0.2) is 4.79 Å². The molecule has 148 valence electrons. The third-order valence-corrected chi connectivity index (χ3v) is 6.69. The highest BCUT2D eigenvalue weighted by atomic mass is 32.2. The van der Waals surface area contributed by atoms with E-state index in [0.717, 1.165) is 22.8 Å². The first-order chi connectivity index (χ1) is 13.4. The Kier molecular flexibility index (Phi) is 5.01. The van der Waals surface area contributed by atoms with E-state index in [1.165, 1.54) is 0 Å². The van der Waals surface area contributed by atoms with E-state index in [2.05, 4.69) is 27.8 Å². The Labute approximate surface area is 168 Å². The molecule has 0 radical (unpaired) electrons. The molecule has 2 N–H and O–H groups in total. The van der Waals surface area contributed by atoms with Crippen molar-refractivity contribution in [1.82, 2.24) is 25.0 Å². The fraction of sp³-hybridized carbons (Fsp3) is 0.474. The average Bonchev–Trinajstić information content (AvgIpc) is 3.37. The molecular formula is C19H24N6O2S. The van der Waals surface area contributed by atoms with Crippen molar-refractivity contribution >= 4 is 29.4 Å². The fourth-order valence-electron chi connectivity index (χ4n) is 3.83. The number of nitrogens with zero attached hydrogens (tertiary/aromatic N) is 4. The summed E-state index contributed by atoms with van der Waals surface area (Å²) in [6, 6.07) is 7.78. The van der Waals surface area contributed by atoms with E-state index in [9.17, 15) is 9.59 Å². The number of urea groups is 1. The minimum atomic E-state index is -0.109. The number of anilines is 1. The molecule has 9 heteroatoms. The minimum absolute atomic E-state index is 0.0858. The Hall–Kier alpha value is -2.55. The molecule has 2 aliphatic rings. The minimum Gasteiger partial charge on any atom is -0.355 e. The second kappa shape index (κ2) is 7.46. The summed E-state index contributed by atoms with van der Waals surface area (Å²) < 4.78 is 1.89. The standard InChI is InChI=1S/C19H24N6O2S/c1-13(28-18-23-21-12-24(18)2)14-4-3-5-15(8-14)22-17(27)25-7-6-19(11-25)9-16(26)20-10-19/h3-5,8,12-13H,6-7,9-11H2,1-2H3,(H,20,26)(H,22,27)/t13-,19?/m0/s1. The van der Waals surface area contributed by atoms with Gasteiger partial charge in [-0.3, -0.25) is 4.79 Å². The summed E-state index contributed by atoms with van der Waals surface area (Å²) in [7, 11) is 1.92. The number of carbonyl (C=O) groups is 2. The summed E-state index contributed by atoms with van der Waals surface area (Å²) in [6.45, 7) is 4.07. The van der Waals surface area contributed by atoms with Crippen molar-refractivity contribution in [1.29, 1.82) is 0 Å². The number of aryl methyl sites for hydroxylation is 1. The van der Waals surface area contributed by atoms with Gasteiger partial charge in [-0.15, -0.1) is 10.2 Å². The van der Waals surface area contributed by atoms with Crippen molar-refractivity contribution in [2.24, 2.45) is 12.5 Å². The highest BCUT2D eigenvalue weighted by Crippen LogP contribution is 2.37. The van der Waals surface area contributed by atoms with Crippen LogP contribution in [0.1, 0.15) is 30.6 Å². The molecule has 3 heterocycles. The zero-order valence-corrected chi connectivity index (χ0v) is 16.8. The van der Waals surface area contributed by atoms with Crippen LogP contribution in [0.5, 0.6) is 0 Å². The van der Waals surface area contributed by atoms with E-state index < -0.39 is 0 Å². The molecule has 2 aliphatic heterocycles. The quantitative estimate of drug-likeness (QED) is 0.769. The second-order valence-corrected chi connectivity index (χ2v) is 8.97. The largest absolute Gasteiger partial charge is 0.355 e. The summed E-state index contributed by atoms with van der Waals surface area (Å²) in [5.41, 5.74) is 1.79. The number of rotatable bonds is 4. The second-order valence-electron chi connectivity index (χ2n) is 7.67. The number of benzene rings is 1. The number of amides is 3. The smallest absolute Gasteiger partial charge is 0.321 e. The molecule has 2 fully saturated rings. The first kappa shape index (κ1) is 18.8. The lowest BCUT2D eigenvalue weighted by molar-refractivity contribution is -0.119. The summed E-state index contributed by atoms with van der Waals surface area (Å²) >= 11 is 1.62. The average molecular weight is 401 g/mol. The van der Waals surface area contributed by atoms with Gasteiger partial charge in [0.05, 0.1) is 0 Å². The molecule has 28 heavy (non-hydrogen) atoms. The van der Waals surface area contributed by atoms with Crippen LogP contribution in [-0.4, -0.2) is 51.2 Å². The highest BCUT2D eigenvalue weighted by molar-refractivity contribution is 7.99. The van der Waals surface area contributed by atoms with E-state index in [-0.39, 0.29) is 22.6 Å². The monoisotopic (exact) mass is 400 g/mol. The maximum atomic E-state index is 12.7. The van der Waals surface area contributed by atoms with Crippen molar-refractivity contribution < 1.29 is 9.59 Å². The molecule has 1 aromatic carbocycles. The fourth-order valence-corrected chi connectivity index (χ4v) is 4.73. The van der Waals surface area contributed by atoms with Gasteiger partial charge in [0, 0.05) is 49.5 Å². The normalized spacial score (nSPS) is 22.5. The topological polar surface area (TPSA) is 92.2 Å².